The molecule has 1 aliphatic carbocycles. The minimum absolute atomic E-state index is 0.108. The van der Waals surface area contributed by atoms with Crippen LogP contribution in [0.3, 0.4) is 0 Å². The van der Waals surface area contributed by atoms with Gasteiger partial charge in [-0.2, -0.15) is 0 Å². The van der Waals surface area contributed by atoms with E-state index in [1.807, 2.05) is 0 Å². The van der Waals surface area contributed by atoms with Crippen LogP contribution < -0.4 is 0 Å². The van der Waals surface area contributed by atoms with E-state index in [0.29, 0.717) is 5.92 Å². The second-order valence-electron chi connectivity index (χ2n) is 4.07. The largest absolute Gasteiger partial charge is 0.294 e. The van der Waals surface area contributed by atoms with Gasteiger partial charge in [-0.25, -0.2) is 4.98 Å². The van der Waals surface area contributed by atoms with Crippen LogP contribution >= 0.6 is 11.3 Å². The number of carbonyl (C=O) groups is 1. The van der Waals surface area contributed by atoms with Crippen molar-refractivity contribution in [1.29, 1.82) is 0 Å². The highest BCUT2D eigenvalue weighted by atomic mass is 32.1. The van der Waals surface area contributed by atoms with Gasteiger partial charge in [0.15, 0.2) is 5.78 Å². The van der Waals surface area contributed by atoms with E-state index in [0.717, 1.165) is 16.3 Å². The number of ketones is 1. The van der Waals surface area contributed by atoms with Crippen LogP contribution in [0.5, 0.6) is 0 Å². The van der Waals surface area contributed by atoms with Crippen LogP contribution in [-0.2, 0) is 6.42 Å². The Balaban J connectivity index is 1.93. The van der Waals surface area contributed by atoms with Gasteiger partial charge in [-0.1, -0.05) is 24.3 Å². The predicted molar refractivity (Wildman–Crippen MR) is 64.1 cm³/mol. The number of carbonyl (C=O) groups excluding carboxylic acids is 1. The lowest BCUT2D eigenvalue weighted by molar-refractivity contribution is 0.102. The second-order valence-corrected chi connectivity index (χ2v) is 5.14. The quantitative estimate of drug-likeness (QED) is 0.741. The van der Waals surface area contributed by atoms with Gasteiger partial charge in [-0.3, -0.25) is 4.79 Å². The molecule has 0 aliphatic heterocycles. The summed E-state index contributed by atoms with van der Waals surface area (Å²) in [6.07, 6.45) is 2.75. The minimum atomic E-state index is 0.108. The van der Waals surface area contributed by atoms with E-state index in [9.17, 15) is 4.79 Å². The lowest BCUT2D eigenvalue weighted by Gasteiger charge is -2.28. The fourth-order valence-corrected chi connectivity index (χ4v) is 3.02. The molecule has 16 heavy (non-hydrogen) atoms. The fraction of sp³-hybridized carbons (Fsp3) is 0.231. The van der Waals surface area contributed by atoms with E-state index in [2.05, 4.69) is 29.2 Å². The number of rotatable bonds is 2. The molecule has 1 aromatic heterocycles. The zero-order valence-electron chi connectivity index (χ0n) is 8.93. The fourth-order valence-electron chi connectivity index (χ4n) is 2.09. The van der Waals surface area contributed by atoms with Gasteiger partial charge in [0, 0.05) is 19.0 Å². The molecule has 0 saturated heterocycles. The Kier molecular flexibility index (Phi) is 2.14. The molecule has 0 saturated carbocycles. The molecule has 0 amide bonds. The molecule has 2 aromatic rings. The molecule has 0 bridgehead atoms. The van der Waals surface area contributed by atoms with Gasteiger partial charge in [0.1, 0.15) is 5.01 Å². The summed E-state index contributed by atoms with van der Waals surface area (Å²) in [4.78, 5) is 16.3. The summed E-state index contributed by atoms with van der Waals surface area (Å²) in [6, 6.07) is 8.44. The molecule has 0 spiro atoms. The Labute approximate surface area is 98.0 Å². The van der Waals surface area contributed by atoms with Crippen molar-refractivity contribution < 1.29 is 4.79 Å². The highest BCUT2D eigenvalue weighted by molar-refractivity contribution is 7.13. The second kappa shape index (κ2) is 3.52. The van der Waals surface area contributed by atoms with Crippen LogP contribution in [0.1, 0.15) is 38.6 Å². The van der Waals surface area contributed by atoms with Crippen molar-refractivity contribution in [3.05, 3.63) is 51.5 Å². The highest BCUT2D eigenvalue weighted by Gasteiger charge is 2.29. The zero-order chi connectivity index (χ0) is 11.1. The van der Waals surface area contributed by atoms with Gasteiger partial charge in [-0.15, -0.1) is 11.3 Å². The van der Waals surface area contributed by atoms with E-state index < -0.39 is 0 Å². The summed E-state index contributed by atoms with van der Waals surface area (Å²) in [7, 11) is 0. The van der Waals surface area contributed by atoms with Gasteiger partial charge in [0.05, 0.1) is 4.88 Å². The predicted octanol–water partition coefficient (Wildman–Crippen LogP) is 3.03. The number of fused-ring (bicyclic) bond motifs is 1. The van der Waals surface area contributed by atoms with Crippen LogP contribution in [0.4, 0.5) is 0 Å². The molecule has 0 N–H and O–H groups in total. The summed E-state index contributed by atoms with van der Waals surface area (Å²) in [5.74, 6) is 0.519. The first kappa shape index (κ1) is 9.73. The smallest absolute Gasteiger partial charge is 0.171 e. The number of Topliss-reactive ketones (excluding diaryl/α,β-unsaturated/α-hetero) is 1. The van der Waals surface area contributed by atoms with Crippen LogP contribution in [-0.4, -0.2) is 10.8 Å². The molecule has 1 heterocycles. The van der Waals surface area contributed by atoms with E-state index in [4.69, 9.17) is 0 Å². The summed E-state index contributed by atoms with van der Waals surface area (Å²) in [6.45, 7) is 1.59. The first-order chi connectivity index (χ1) is 7.75. The Morgan fingerprint density at radius 2 is 2.25 bits per heavy atom. The summed E-state index contributed by atoms with van der Waals surface area (Å²) < 4.78 is 0. The van der Waals surface area contributed by atoms with Crippen molar-refractivity contribution in [3.63, 3.8) is 0 Å². The van der Waals surface area contributed by atoms with Gasteiger partial charge in [0.25, 0.3) is 0 Å². The minimum Gasteiger partial charge on any atom is -0.294 e. The van der Waals surface area contributed by atoms with Crippen LogP contribution in [0.15, 0.2) is 30.5 Å². The number of hydrogen-bond donors (Lipinski definition) is 0. The molecule has 1 aliphatic rings. The maximum absolute atomic E-state index is 11.2. The third kappa shape index (κ3) is 1.39. The van der Waals surface area contributed by atoms with Crippen LogP contribution in [0.25, 0.3) is 0 Å². The van der Waals surface area contributed by atoms with Gasteiger partial charge >= 0.3 is 0 Å². The van der Waals surface area contributed by atoms with Crippen molar-refractivity contribution in [2.75, 3.05) is 0 Å². The van der Waals surface area contributed by atoms with Gasteiger partial charge in [-0.05, 0) is 17.5 Å². The monoisotopic (exact) mass is 229 g/mol. The third-order valence-electron chi connectivity index (χ3n) is 3.02. The number of benzene rings is 1. The van der Waals surface area contributed by atoms with E-state index in [1.165, 1.54) is 22.5 Å². The third-order valence-corrected chi connectivity index (χ3v) is 4.24. The maximum Gasteiger partial charge on any atom is 0.171 e. The topological polar surface area (TPSA) is 30.0 Å². The molecular weight excluding hydrogens is 218 g/mol. The Morgan fingerprint density at radius 1 is 1.44 bits per heavy atom. The van der Waals surface area contributed by atoms with E-state index in [1.54, 1.807) is 13.1 Å². The van der Waals surface area contributed by atoms with Gasteiger partial charge < -0.3 is 0 Å². The molecule has 0 radical (unpaired) electrons. The Hall–Kier alpha value is -1.48. The lowest BCUT2D eigenvalue weighted by atomic mass is 9.78. The number of hydrogen-bond acceptors (Lipinski definition) is 3. The standard InChI is InChI=1S/C13H11NOS/c1-8(15)12-7-14-13(16-12)11-6-9-4-2-3-5-10(9)11/h2-5,7,11H,6H2,1H3. The highest BCUT2D eigenvalue weighted by Crippen LogP contribution is 2.41. The molecule has 1 atom stereocenters. The summed E-state index contributed by atoms with van der Waals surface area (Å²) in [5, 5.41) is 1.07. The van der Waals surface area contributed by atoms with Gasteiger partial charge in [0.2, 0.25) is 0 Å². The van der Waals surface area contributed by atoms with Crippen molar-refractivity contribution in [3.8, 4) is 0 Å². The molecule has 0 fully saturated rings. The van der Waals surface area contributed by atoms with E-state index >= 15 is 0 Å². The first-order valence-corrected chi connectivity index (χ1v) is 6.12. The van der Waals surface area contributed by atoms with Crippen molar-refractivity contribution in [2.45, 2.75) is 19.3 Å². The number of aromatic nitrogens is 1. The van der Waals surface area contributed by atoms with Crippen LogP contribution in [0.2, 0.25) is 0 Å². The molecule has 1 aromatic carbocycles. The van der Waals surface area contributed by atoms with Crippen molar-refractivity contribution in [2.24, 2.45) is 0 Å². The average Bonchev–Trinajstić information content (AvgIpc) is 2.69. The number of nitrogens with zero attached hydrogens (tertiary/aromatic N) is 1. The first-order valence-electron chi connectivity index (χ1n) is 5.30. The molecular formula is C13H11NOS. The Morgan fingerprint density at radius 3 is 2.94 bits per heavy atom. The lowest BCUT2D eigenvalue weighted by Crippen LogP contribution is -2.17. The molecule has 80 valence electrons. The maximum atomic E-state index is 11.2. The summed E-state index contributed by atoms with van der Waals surface area (Å²) >= 11 is 1.53. The van der Waals surface area contributed by atoms with Crippen molar-refractivity contribution >= 4 is 17.1 Å². The molecule has 2 nitrogen and oxygen atoms in total. The van der Waals surface area contributed by atoms with E-state index in [-0.39, 0.29) is 5.78 Å². The molecule has 3 rings (SSSR count). The SMILES string of the molecule is CC(=O)c1cnc(C2Cc3ccccc32)s1. The molecule has 3 heteroatoms. The average molecular weight is 229 g/mol. The molecule has 1 unspecified atom stereocenters. The normalized spacial score (nSPS) is 17.7. The van der Waals surface area contributed by atoms with Crippen molar-refractivity contribution in [1.82, 2.24) is 4.98 Å². The zero-order valence-corrected chi connectivity index (χ0v) is 9.75. The number of thiazole rings is 1. The Bertz CT molecular complexity index is 559. The summed E-state index contributed by atoms with van der Waals surface area (Å²) in [5.41, 5.74) is 2.78. The van der Waals surface area contributed by atoms with Crippen LogP contribution in [0, 0.1) is 0 Å².